The highest BCUT2D eigenvalue weighted by molar-refractivity contribution is 9.10. The Kier molecular flexibility index (Phi) is 4.92. The Bertz CT molecular complexity index is 992. The van der Waals surface area contributed by atoms with Crippen molar-refractivity contribution in [1.82, 2.24) is 0 Å². The predicted octanol–water partition coefficient (Wildman–Crippen LogP) is 6.20. The van der Waals surface area contributed by atoms with E-state index in [0.29, 0.717) is 17.9 Å². The lowest BCUT2D eigenvalue weighted by molar-refractivity contribution is -0.124. The van der Waals surface area contributed by atoms with Crippen LogP contribution in [-0.2, 0) is 10.2 Å². The van der Waals surface area contributed by atoms with E-state index in [2.05, 4.69) is 33.0 Å². The molecule has 28 heavy (non-hydrogen) atoms. The van der Waals surface area contributed by atoms with Gasteiger partial charge in [0.15, 0.2) is 0 Å². The Balaban J connectivity index is 2.00. The Morgan fingerprint density at radius 3 is 2.75 bits per heavy atom. The number of benzene rings is 2. The number of allylic oxidation sites excluding steroid dienone is 1. The first-order valence-corrected chi connectivity index (χ1v) is 10.4. The van der Waals surface area contributed by atoms with Crippen LogP contribution in [0.25, 0.3) is 0 Å². The molecule has 2 aromatic carbocycles. The second kappa shape index (κ2) is 7.12. The van der Waals surface area contributed by atoms with E-state index in [1.165, 1.54) is 0 Å². The molecule has 2 aliphatic rings. The fraction of sp³-hybridized carbons (Fsp3) is 0.318. The summed E-state index contributed by atoms with van der Waals surface area (Å²) in [4.78, 5) is 25.1. The van der Waals surface area contributed by atoms with E-state index >= 15 is 0 Å². The molecule has 1 aliphatic heterocycles. The zero-order valence-electron chi connectivity index (χ0n) is 15.4. The summed E-state index contributed by atoms with van der Waals surface area (Å²) in [7, 11) is 0. The molecule has 0 bridgehead atoms. The number of fused-ring (bicyclic) bond motifs is 2. The third kappa shape index (κ3) is 2.83. The summed E-state index contributed by atoms with van der Waals surface area (Å²) < 4.78 is 0.901. The van der Waals surface area contributed by atoms with Crippen molar-refractivity contribution in [1.29, 1.82) is 0 Å². The minimum atomic E-state index is -0.840. The molecule has 0 saturated heterocycles. The maximum absolute atomic E-state index is 13.6. The second-order valence-electron chi connectivity index (χ2n) is 7.75. The average Bonchev–Trinajstić information content (AvgIpc) is 2.93. The molecule has 1 fully saturated rings. The SMILES string of the molecule is C=C(C)[C@@H]1CC(N=O)C[C@@H](c2cccc(Cl)c2)[C@@]12C(=O)Nc1cc(Br)ccc12. The average molecular weight is 460 g/mol. The first-order chi connectivity index (χ1) is 13.4. The van der Waals surface area contributed by atoms with E-state index < -0.39 is 5.41 Å². The molecule has 4 rings (SSSR count). The molecule has 1 spiro atoms. The number of rotatable bonds is 3. The van der Waals surface area contributed by atoms with E-state index in [-0.39, 0.29) is 23.8 Å². The highest BCUT2D eigenvalue weighted by atomic mass is 79.9. The normalized spacial score (nSPS) is 28.7. The van der Waals surface area contributed by atoms with E-state index in [4.69, 9.17) is 11.6 Å². The number of carbonyl (C=O) groups is 1. The topological polar surface area (TPSA) is 58.5 Å². The zero-order valence-corrected chi connectivity index (χ0v) is 17.8. The van der Waals surface area contributed by atoms with Crippen LogP contribution in [0.1, 0.15) is 36.8 Å². The maximum Gasteiger partial charge on any atom is 0.236 e. The molecule has 4 nitrogen and oxygen atoms in total. The fourth-order valence-corrected chi connectivity index (χ4v) is 5.63. The highest BCUT2D eigenvalue weighted by Crippen LogP contribution is 2.59. The summed E-state index contributed by atoms with van der Waals surface area (Å²) in [5.41, 5.74) is 2.73. The van der Waals surface area contributed by atoms with Crippen molar-refractivity contribution in [2.75, 3.05) is 5.32 Å². The Morgan fingerprint density at radius 2 is 2.07 bits per heavy atom. The van der Waals surface area contributed by atoms with Crippen molar-refractivity contribution in [2.24, 2.45) is 11.1 Å². The van der Waals surface area contributed by atoms with Crippen LogP contribution in [-0.4, -0.2) is 11.9 Å². The van der Waals surface area contributed by atoms with Crippen LogP contribution in [0.2, 0.25) is 5.02 Å². The van der Waals surface area contributed by atoms with Crippen LogP contribution < -0.4 is 5.32 Å². The van der Waals surface area contributed by atoms with E-state index in [9.17, 15) is 9.70 Å². The molecule has 0 radical (unpaired) electrons. The summed E-state index contributed by atoms with van der Waals surface area (Å²) in [6, 6.07) is 13.1. The van der Waals surface area contributed by atoms with Crippen molar-refractivity contribution < 1.29 is 4.79 Å². The Morgan fingerprint density at radius 1 is 1.29 bits per heavy atom. The van der Waals surface area contributed by atoms with E-state index in [0.717, 1.165) is 26.9 Å². The molecule has 1 saturated carbocycles. The van der Waals surface area contributed by atoms with Crippen LogP contribution >= 0.6 is 27.5 Å². The van der Waals surface area contributed by atoms with Crippen molar-refractivity contribution in [3.63, 3.8) is 0 Å². The lowest BCUT2D eigenvalue weighted by Crippen LogP contribution is -2.52. The largest absolute Gasteiger partial charge is 0.325 e. The van der Waals surface area contributed by atoms with E-state index in [1.54, 1.807) is 0 Å². The number of nitrogens with one attached hydrogen (secondary N) is 1. The fourth-order valence-electron chi connectivity index (χ4n) is 5.07. The van der Waals surface area contributed by atoms with Gasteiger partial charge in [-0.3, -0.25) is 4.79 Å². The monoisotopic (exact) mass is 458 g/mol. The number of amides is 1. The van der Waals surface area contributed by atoms with Crippen LogP contribution in [0.4, 0.5) is 5.69 Å². The van der Waals surface area contributed by atoms with Crippen molar-refractivity contribution >= 4 is 39.1 Å². The maximum atomic E-state index is 13.6. The summed E-state index contributed by atoms with van der Waals surface area (Å²) >= 11 is 9.77. The van der Waals surface area contributed by atoms with Crippen molar-refractivity contribution in [3.05, 3.63) is 80.1 Å². The molecule has 2 aromatic rings. The third-order valence-electron chi connectivity index (χ3n) is 6.16. The lowest BCUT2D eigenvalue weighted by atomic mass is 9.53. The summed E-state index contributed by atoms with van der Waals surface area (Å²) in [5, 5.41) is 7.05. The second-order valence-corrected chi connectivity index (χ2v) is 9.10. The number of nitroso groups, excluding NO2 is 1. The van der Waals surface area contributed by atoms with Crippen molar-refractivity contribution in [2.45, 2.75) is 37.1 Å². The van der Waals surface area contributed by atoms with E-state index in [1.807, 2.05) is 49.4 Å². The van der Waals surface area contributed by atoms with Crippen LogP contribution in [0, 0.1) is 10.8 Å². The van der Waals surface area contributed by atoms with Gasteiger partial charge in [-0.25, -0.2) is 0 Å². The quantitative estimate of drug-likeness (QED) is 0.439. The van der Waals surface area contributed by atoms with Gasteiger partial charge in [0.1, 0.15) is 0 Å². The van der Waals surface area contributed by atoms with Crippen LogP contribution in [0.5, 0.6) is 0 Å². The first kappa shape index (κ1) is 19.3. The minimum absolute atomic E-state index is 0.0528. The van der Waals surface area contributed by atoms with Gasteiger partial charge in [0.2, 0.25) is 5.91 Å². The summed E-state index contributed by atoms with van der Waals surface area (Å²) in [5.74, 6) is -0.481. The number of nitrogens with zero attached hydrogens (tertiary/aromatic N) is 1. The molecule has 1 amide bonds. The van der Waals surface area contributed by atoms with Crippen LogP contribution in [0.3, 0.4) is 0 Å². The molecule has 6 heteroatoms. The first-order valence-electron chi connectivity index (χ1n) is 9.22. The highest BCUT2D eigenvalue weighted by Gasteiger charge is 2.60. The standard InChI is InChI=1S/C22H20BrClN2O2/c1-12(2)18-10-16(26-28)11-19(13-4-3-5-15(24)8-13)22(18)17-7-6-14(23)9-20(17)25-21(22)27/h3-9,16,18-19H,1,10-11H2,2H3,(H,25,27)/t16?,18-,19-,22-/m0/s1. The molecule has 1 aliphatic carbocycles. The van der Waals surface area contributed by atoms with Gasteiger partial charge in [-0.2, -0.15) is 4.91 Å². The number of hydrogen-bond acceptors (Lipinski definition) is 3. The number of anilines is 1. The van der Waals surface area contributed by atoms with Gasteiger partial charge in [-0.05, 0) is 55.2 Å². The molecular weight excluding hydrogens is 440 g/mol. The van der Waals surface area contributed by atoms with Gasteiger partial charge in [0.25, 0.3) is 0 Å². The van der Waals surface area contributed by atoms with Gasteiger partial charge in [-0.1, -0.05) is 63.1 Å². The lowest BCUT2D eigenvalue weighted by Gasteiger charge is -2.48. The van der Waals surface area contributed by atoms with Gasteiger partial charge in [0.05, 0.1) is 11.5 Å². The zero-order chi connectivity index (χ0) is 20.1. The number of halogens is 2. The van der Waals surface area contributed by atoms with Gasteiger partial charge in [0, 0.05) is 27.0 Å². The third-order valence-corrected chi connectivity index (χ3v) is 6.89. The van der Waals surface area contributed by atoms with Crippen LogP contribution in [0.15, 0.2) is 64.3 Å². The van der Waals surface area contributed by atoms with Crippen molar-refractivity contribution in [3.8, 4) is 0 Å². The molecule has 1 heterocycles. The smallest absolute Gasteiger partial charge is 0.236 e. The minimum Gasteiger partial charge on any atom is -0.325 e. The molecule has 144 valence electrons. The molecule has 1 N–H and O–H groups in total. The predicted molar refractivity (Wildman–Crippen MR) is 116 cm³/mol. The van der Waals surface area contributed by atoms with Gasteiger partial charge >= 0.3 is 0 Å². The Labute approximate surface area is 177 Å². The molecular formula is C22H20BrClN2O2. The molecule has 0 aromatic heterocycles. The Hall–Kier alpha value is -1.98. The summed E-state index contributed by atoms with van der Waals surface area (Å²) in [6.07, 6.45) is 1.01. The number of carbonyl (C=O) groups excluding carboxylic acids is 1. The van der Waals surface area contributed by atoms with Gasteiger partial charge in [-0.15, -0.1) is 0 Å². The summed E-state index contributed by atoms with van der Waals surface area (Å²) in [6.45, 7) is 6.11. The molecule has 4 atom stereocenters. The molecule has 1 unspecified atom stereocenters. The number of hydrogen-bond donors (Lipinski definition) is 1. The van der Waals surface area contributed by atoms with Gasteiger partial charge < -0.3 is 5.32 Å².